The molecule has 1 fully saturated rings. The second-order valence-electron chi connectivity index (χ2n) is 4.06. The lowest BCUT2D eigenvalue weighted by Gasteiger charge is -2.26. The van der Waals surface area contributed by atoms with Gasteiger partial charge in [-0.15, -0.1) is 0 Å². The fourth-order valence-corrected chi connectivity index (χ4v) is 4.20. The lowest BCUT2D eigenvalue weighted by molar-refractivity contribution is 0.0730. The van der Waals surface area contributed by atoms with Crippen LogP contribution in [0.1, 0.15) is 5.56 Å². The van der Waals surface area contributed by atoms with Crippen molar-refractivity contribution < 1.29 is 13.2 Å². The zero-order valence-corrected chi connectivity index (χ0v) is 12.4. The van der Waals surface area contributed by atoms with Gasteiger partial charge >= 0.3 is 0 Å². The lowest BCUT2D eigenvalue weighted by atomic mass is 10.2. The number of halogens is 2. The van der Waals surface area contributed by atoms with E-state index in [4.69, 9.17) is 33.7 Å². The molecule has 8 heteroatoms. The van der Waals surface area contributed by atoms with Gasteiger partial charge in [-0.05, 0) is 12.1 Å². The van der Waals surface area contributed by atoms with E-state index in [2.05, 4.69) is 0 Å². The van der Waals surface area contributed by atoms with Crippen LogP contribution >= 0.6 is 23.2 Å². The Morgan fingerprint density at radius 1 is 1.26 bits per heavy atom. The lowest BCUT2D eigenvalue weighted by Crippen LogP contribution is -2.40. The smallest absolute Gasteiger partial charge is 0.244 e. The van der Waals surface area contributed by atoms with Crippen LogP contribution in [0.2, 0.25) is 10.0 Å². The Morgan fingerprint density at radius 2 is 1.89 bits per heavy atom. The number of hydrogen-bond acceptors (Lipinski definition) is 4. The van der Waals surface area contributed by atoms with Crippen LogP contribution in [0.4, 0.5) is 0 Å². The van der Waals surface area contributed by atoms with Crippen LogP contribution in [0, 0.1) is 0 Å². The molecular weight excluding hydrogens is 311 g/mol. The normalized spacial score (nSPS) is 17.6. The number of rotatable bonds is 3. The van der Waals surface area contributed by atoms with Crippen molar-refractivity contribution in [1.82, 2.24) is 4.31 Å². The fourth-order valence-electron chi connectivity index (χ4n) is 1.89. The highest BCUT2D eigenvalue weighted by atomic mass is 35.5. The number of sulfonamides is 1. The number of morpholine rings is 1. The molecule has 5 nitrogen and oxygen atoms in total. The number of ether oxygens (including phenoxy) is 1. The Morgan fingerprint density at radius 3 is 2.47 bits per heavy atom. The monoisotopic (exact) mass is 324 g/mol. The van der Waals surface area contributed by atoms with Crippen molar-refractivity contribution in [2.75, 3.05) is 26.3 Å². The molecule has 2 N–H and O–H groups in total. The Labute approximate surface area is 122 Å². The van der Waals surface area contributed by atoms with E-state index in [1.165, 1.54) is 16.4 Å². The molecule has 0 radical (unpaired) electrons. The molecule has 2 rings (SSSR count). The molecule has 1 aliphatic rings. The predicted molar refractivity (Wildman–Crippen MR) is 73.9 cm³/mol. The number of benzene rings is 1. The first-order chi connectivity index (χ1) is 8.98. The Kier molecular flexibility index (Phi) is 4.70. The second-order valence-corrected chi connectivity index (χ2v) is 6.75. The molecule has 1 heterocycles. The van der Waals surface area contributed by atoms with Gasteiger partial charge in [-0.3, -0.25) is 0 Å². The second kappa shape index (κ2) is 5.95. The van der Waals surface area contributed by atoms with Crippen molar-refractivity contribution in [3.8, 4) is 0 Å². The SMILES string of the molecule is NCc1c(Cl)ccc(S(=O)(=O)N2CCOCC2)c1Cl. The molecule has 0 unspecified atom stereocenters. The summed E-state index contributed by atoms with van der Waals surface area (Å²) in [5.41, 5.74) is 5.99. The zero-order valence-electron chi connectivity index (χ0n) is 10.1. The quantitative estimate of drug-likeness (QED) is 0.913. The molecule has 0 spiro atoms. The largest absolute Gasteiger partial charge is 0.379 e. The van der Waals surface area contributed by atoms with Crippen molar-refractivity contribution in [1.29, 1.82) is 0 Å². The fraction of sp³-hybridized carbons (Fsp3) is 0.455. The number of nitrogens with zero attached hydrogens (tertiary/aromatic N) is 1. The van der Waals surface area contributed by atoms with Crippen LogP contribution in [-0.2, 0) is 21.3 Å². The third-order valence-electron chi connectivity index (χ3n) is 2.94. The third-order valence-corrected chi connectivity index (χ3v) is 5.78. The van der Waals surface area contributed by atoms with Crippen LogP contribution in [0.15, 0.2) is 17.0 Å². The Bertz CT molecular complexity index is 572. The Hall–Kier alpha value is -0.370. The van der Waals surface area contributed by atoms with Crippen molar-refractivity contribution in [3.63, 3.8) is 0 Å². The summed E-state index contributed by atoms with van der Waals surface area (Å²) >= 11 is 12.1. The minimum absolute atomic E-state index is 0.0425. The van der Waals surface area contributed by atoms with E-state index in [9.17, 15) is 8.42 Å². The van der Waals surface area contributed by atoms with Crippen molar-refractivity contribution in [3.05, 3.63) is 27.7 Å². The third kappa shape index (κ3) is 2.89. The molecule has 0 amide bonds. The standard InChI is InChI=1S/C11H14Cl2N2O3S/c12-9-1-2-10(11(13)8(9)7-14)19(16,17)15-3-5-18-6-4-15/h1-2H,3-7,14H2. The van der Waals surface area contributed by atoms with E-state index in [1.807, 2.05) is 0 Å². The molecule has 0 aliphatic carbocycles. The average molecular weight is 325 g/mol. The van der Waals surface area contributed by atoms with Crippen LogP contribution in [0.3, 0.4) is 0 Å². The van der Waals surface area contributed by atoms with E-state index < -0.39 is 10.0 Å². The molecule has 106 valence electrons. The van der Waals surface area contributed by atoms with E-state index in [-0.39, 0.29) is 16.5 Å². The van der Waals surface area contributed by atoms with Crippen molar-refractivity contribution in [2.45, 2.75) is 11.4 Å². The van der Waals surface area contributed by atoms with Crippen LogP contribution < -0.4 is 5.73 Å². The first-order valence-electron chi connectivity index (χ1n) is 5.73. The topological polar surface area (TPSA) is 72.6 Å². The maximum Gasteiger partial charge on any atom is 0.244 e. The number of nitrogens with two attached hydrogens (primary N) is 1. The van der Waals surface area contributed by atoms with Gasteiger partial charge in [0.15, 0.2) is 0 Å². The van der Waals surface area contributed by atoms with Gasteiger partial charge in [-0.1, -0.05) is 23.2 Å². The van der Waals surface area contributed by atoms with Gasteiger partial charge in [0.2, 0.25) is 10.0 Å². The van der Waals surface area contributed by atoms with Gasteiger partial charge in [0.1, 0.15) is 4.90 Å². The summed E-state index contributed by atoms with van der Waals surface area (Å²) in [6, 6.07) is 2.91. The van der Waals surface area contributed by atoms with E-state index in [1.54, 1.807) is 0 Å². The van der Waals surface area contributed by atoms with E-state index in [0.717, 1.165) is 0 Å². The predicted octanol–water partition coefficient (Wildman–Crippen LogP) is 1.47. The van der Waals surface area contributed by atoms with Crippen LogP contribution in [0.5, 0.6) is 0 Å². The summed E-state index contributed by atoms with van der Waals surface area (Å²) in [5.74, 6) is 0. The molecule has 19 heavy (non-hydrogen) atoms. The van der Waals surface area contributed by atoms with Crippen molar-refractivity contribution in [2.24, 2.45) is 5.73 Å². The molecule has 1 saturated heterocycles. The first-order valence-corrected chi connectivity index (χ1v) is 7.93. The number of hydrogen-bond donors (Lipinski definition) is 1. The average Bonchev–Trinajstić information content (AvgIpc) is 2.40. The highest BCUT2D eigenvalue weighted by molar-refractivity contribution is 7.89. The summed E-state index contributed by atoms with van der Waals surface area (Å²) in [7, 11) is -3.63. The zero-order chi connectivity index (χ0) is 14.0. The molecule has 0 atom stereocenters. The van der Waals surface area contributed by atoms with Crippen molar-refractivity contribution >= 4 is 33.2 Å². The van der Waals surface area contributed by atoms with E-state index >= 15 is 0 Å². The Balaban J connectivity index is 2.46. The van der Waals surface area contributed by atoms with Crippen LogP contribution in [0.25, 0.3) is 0 Å². The molecule has 1 aliphatic heterocycles. The summed E-state index contributed by atoms with van der Waals surface area (Å²) in [5, 5.41) is 0.468. The van der Waals surface area contributed by atoms with Gasteiger partial charge < -0.3 is 10.5 Å². The minimum atomic E-state index is -3.63. The van der Waals surface area contributed by atoms with Gasteiger partial charge in [0, 0.05) is 30.2 Å². The summed E-state index contributed by atoms with van der Waals surface area (Å²) < 4.78 is 31.5. The summed E-state index contributed by atoms with van der Waals surface area (Å²) in [6.07, 6.45) is 0. The van der Waals surface area contributed by atoms with Gasteiger partial charge in [-0.2, -0.15) is 4.31 Å². The molecular formula is C11H14Cl2N2O3S. The highest BCUT2D eigenvalue weighted by Crippen LogP contribution is 2.32. The van der Waals surface area contributed by atoms with Crippen LogP contribution in [-0.4, -0.2) is 39.0 Å². The van der Waals surface area contributed by atoms with Gasteiger partial charge in [0.05, 0.1) is 18.2 Å². The van der Waals surface area contributed by atoms with E-state index in [0.29, 0.717) is 36.9 Å². The summed E-state index contributed by atoms with van der Waals surface area (Å²) in [4.78, 5) is 0.0425. The molecule has 1 aromatic rings. The highest BCUT2D eigenvalue weighted by Gasteiger charge is 2.29. The minimum Gasteiger partial charge on any atom is -0.379 e. The van der Waals surface area contributed by atoms with Gasteiger partial charge in [-0.25, -0.2) is 8.42 Å². The summed E-state index contributed by atoms with van der Waals surface area (Å²) in [6.45, 7) is 1.49. The molecule has 0 bridgehead atoms. The molecule has 0 aromatic heterocycles. The maximum atomic E-state index is 12.5. The molecule has 0 saturated carbocycles. The first kappa shape index (κ1) is 15.0. The maximum absolute atomic E-state index is 12.5. The van der Waals surface area contributed by atoms with Gasteiger partial charge in [0.25, 0.3) is 0 Å². The molecule has 1 aromatic carbocycles.